The SMILES string of the molecule is O=C1CC(CS(=O)(=O)Cl)CN1c1c(Br)cccc1[N+](=O)[O-]. The summed E-state index contributed by atoms with van der Waals surface area (Å²) in [4.78, 5) is 23.8. The molecular formula is C11H10BrClN2O5S. The molecule has 1 unspecified atom stereocenters. The van der Waals surface area contributed by atoms with Gasteiger partial charge in [-0.05, 0) is 22.0 Å². The smallest absolute Gasteiger partial charge is 0.294 e. The van der Waals surface area contributed by atoms with Crippen LogP contribution < -0.4 is 4.90 Å². The molecule has 7 nitrogen and oxygen atoms in total. The third kappa shape index (κ3) is 3.72. The lowest BCUT2D eigenvalue weighted by atomic mass is 10.1. The zero-order valence-corrected chi connectivity index (χ0v) is 13.7. The van der Waals surface area contributed by atoms with Gasteiger partial charge in [0, 0.05) is 40.1 Å². The van der Waals surface area contributed by atoms with Crippen molar-refractivity contribution in [2.24, 2.45) is 5.92 Å². The van der Waals surface area contributed by atoms with Gasteiger partial charge in [0.2, 0.25) is 15.0 Å². The number of benzene rings is 1. The highest BCUT2D eigenvalue weighted by Crippen LogP contribution is 2.39. The van der Waals surface area contributed by atoms with Crippen LogP contribution in [0.1, 0.15) is 6.42 Å². The molecule has 21 heavy (non-hydrogen) atoms. The minimum atomic E-state index is -3.73. The monoisotopic (exact) mass is 396 g/mol. The molecule has 1 aliphatic heterocycles. The molecule has 1 aromatic carbocycles. The number of hydrogen-bond donors (Lipinski definition) is 0. The summed E-state index contributed by atoms with van der Waals surface area (Å²) in [7, 11) is 1.47. The van der Waals surface area contributed by atoms with Gasteiger partial charge in [-0.15, -0.1) is 0 Å². The molecule has 0 spiro atoms. The van der Waals surface area contributed by atoms with E-state index in [-0.39, 0.29) is 36.0 Å². The normalized spacial score (nSPS) is 19.0. The number of carbonyl (C=O) groups excluding carboxylic acids is 1. The van der Waals surface area contributed by atoms with Gasteiger partial charge in [0.05, 0.1) is 10.7 Å². The van der Waals surface area contributed by atoms with Crippen LogP contribution in [0, 0.1) is 16.0 Å². The first kappa shape index (κ1) is 16.2. The predicted molar refractivity (Wildman–Crippen MR) is 80.9 cm³/mol. The molecule has 114 valence electrons. The zero-order chi connectivity index (χ0) is 15.8. The zero-order valence-electron chi connectivity index (χ0n) is 10.5. The van der Waals surface area contributed by atoms with Crippen LogP contribution in [-0.2, 0) is 13.8 Å². The van der Waals surface area contributed by atoms with Crippen LogP contribution >= 0.6 is 26.6 Å². The highest BCUT2D eigenvalue weighted by atomic mass is 79.9. The van der Waals surface area contributed by atoms with Crippen molar-refractivity contribution in [3.05, 3.63) is 32.8 Å². The summed E-state index contributed by atoms with van der Waals surface area (Å²) < 4.78 is 22.6. The molecule has 0 saturated carbocycles. The molecule has 1 saturated heterocycles. The number of nitrogens with zero attached hydrogens (tertiary/aromatic N) is 2. The van der Waals surface area contributed by atoms with Crippen LogP contribution in [0.15, 0.2) is 22.7 Å². The van der Waals surface area contributed by atoms with E-state index in [1.165, 1.54) is 17.0 Å². The number of nitro benzene ring substituents is 1. The Bertz CT molecular complexity index is 709. The maximum absolute atomic E-state index is 12.0. The number of halogens is 2. The summed E-state index contributed by atoms with van der Waals surface area (Å²) in [6.45, 7) is 0.0776. The summed E-state index contributed by atoms with van der Waals surface area (Å²) >= 11 is 3.19. The molecule has 1 fully saturated rings. The molecule has 1 atom stereocenters. The molecule has 1 amide bonds. The van der Waals surface area contributed by atoms with Gasteiger partial charge in [0.25, 0.3) is 5.69 Å². The van der Waals surface area contributed by atoms with Crippen molar-refractivity contribution in [2.45, 2.75) is 6.42 Å². The van der Waals surface area contributed by atoms with Gasteiger partial charge in [-0.3, -0.25) is 14.9 Å². The Labute approximate surface area is 133 Å². The van der Waals surface area contributed by atoms with E-state index in [0.29, 0.717) is 4.47 Å². The maximum Gasteiger partial charge on any atom is 0.294 e. The van der Waals surface area contributed by atoms with Gasteiger partial charge in [-0.25, -0.2) is 8.42 Å². The molecule has 1 aliphatic rings. The molecule has 1 heterocycles. The second-order valence-corrected chi connectivity index (χ2v) is 8.32. The van der Waals surface area contributed by atoms with E-state index < -0.39 is 19.9 Å². The fraction of sp³-hybridized carbons (Fsp3) is 0.364. The van der Waals surface area contributed by atoms with Crippen molar-refractivity contribution < 1.29 is 18.1 Å². The van der Waals surface area contributed by atoms with Crippen molar-refractivity contribution in [3.8, 4) is 0 Å². The van der Waals surface area contributed by atoms with Gasteiger partial charge in [0.15, 0.2) is 0 Å². The number of rotatable bonds is 4. The Morgan fingerprint density at radius 1 is 1.48 bits per heavy atom. The van der Waals surface area contributed by atoms with Crippen LogP contribution in [0.2, 0.25) is 0 Å². The second-order valence-electron chi connectivity index (χ2n) is 4.64. The standard InChI is InChI=1S/C11H10BrClN2O5S/c12-8-2-1-3-9(15(17)18)11(8)14-5-7(4-10(14)16)6-21(13,19)20/h1-3,7H,4-6H2. The first-order chi connectivity index (χ1) is 9.69. The molecule has 2 rings (SSSR count). The van der Waals surface area contributed by atoms with Crippen molar-refractivity contribution in [2.75, 3.05) is 17.2 Å². The summed E-state index contributed by atoms with van der Waals surface area (Å²) in [6, 6.07) is 4.37. The second kappa shape index (κ2) is 5.90. The third-order valence-electron chi connectivity index (χ3n) is 3.07. The minimum absolute atomic E-state index is 0.00949. The summed E-state index contributed by atoms with van der Waals surface area (Å²) in [5.74, 6) is -1.18. The van der Waals surface area contributed by atoms with E-state index in [9.17, 15) is 23.3 Å². The number of amides is 1. The quantitative estimate of drug-likeness (QED) is 0.441. The lowest BCUT2D eigenvalue weighted by Gasteiger charge is -2.18. The summed E-state index contributed by atoms with van der Waals surface area (Å²) in [5, 5.41) is 11.1. The molecule has 0 bridgehead atoms. The minimum Gasteiger partial charge on any atom is -0.305 e. The van der Waals surface area contributed by atoms with Crippen LogP contribution in [0.25, 0.3) is 0 Å². The molecule has 0 aliphatic carbocycles. The van der Waals surface area contributed by atoms with Crippen LogP contribution in [-0.4, -0.2) is 31.5 Å². The van der Waals surface area contributed by atoms with E-state index >= 15 is 0 Å². The van der Waals surface area contributed by atoms with Crippen LogP contribution in [0.4, 0.5) is 11.4 Å². The largest absolute Gasteiger partial charge is 0.305 e. The first-order valence-corrected chi connectivity index (χ1v) is 9.12. The van der Waals surface area contributed by atoms with Crippen molar-refractivity contribution >= 4 is 52.9 Å². The topological polar surface area (TPSA) is 97.6 Å². The van der Waals surface area contributed by atoms with Crippen molar-refractivity contribution in [1.82, 2.24) is 0 Å². The molecular weight excluding hydrogens is 388 g/mol. The average molecular weight is 398 g/mol. The summed E-state index contributed by atoms with van der Waals surface area (Å²) in [6.07, 6.45) is -0.00949. The van der Waals surface area contributed by atoms with E-state index in [4.69, 9.17) is 10.7 Å². The fourth-order valence-electron chi connectivity index (χ4n) is 2.31. The molecule has 0 N–H and O–H groups in total. The maximum atomic E-state index is 12.0. The van der Waals surface area contributed by atoms with Gasteiger partial charge in [0.1, 0.15) is 5.69 Å². The Kier molecular flexibility index (Phi) is 4.54. The molecule has 10 heteroatoms. The van der Waals surface area contributed by atoms with Crippen molar-refractivity contribution in [3.63, 3.8) is 0 Å². The molecule has 0 aromatic heterocycles. The van der Waals surface area contributed by atoms with Crippen LogP contribution in [0.5, 0.6) is 0 Å². The van der Waals surface area contributed by atoms with E-state index in [1.54, 1.807) is 6.07 Å². The highest BCUT2D eigenvalue weighted by Gasteiger charge is 2.37. The Morgan fingerprint density at radius 3 is 2.71 bits per heavy atom. The molecule has 1 aromatic rings. The number of hydrogen-bond acceptors (Lipinski definition) is 5. The third-order valence-corrected chi connectivity index (χ3v) is 4.96. The van der Waals surface area contributed by atoms with Crippen molar-refractivity contribution in [1.29, 1.82) is 0 Å². The predicted octanol–water partition coefficient (Wildman–Crippen LogP) is 2.28. The van der Waals surface area contributed by atoms with E-state index in [1.807, 2.05) is 0 Å². The lowest BCUT2D eigenvalue weighted by Crippen LogP contribution is -2.26. The number of nitro groups is 1. The Hall–Kier alpha value is -1.19. The highest BCUT2D eigenvalue weighted by molar-refractivity contribution is 9.10. The van der Waals surface area contributed by atoms with E-state index in [0.717, 1.165) is 0 Å². The number of para-hydroxylation sites is 1. The Morgan fingerprint density at radius 2 is 2.14 bits per heavy atom. The number of anilines is 1. The average Bonchev–Trinajstić information content (AvgIpc) is 2.66. The molecule has 0 radical (unpaired) electrons. The van der Waals surface area contributed by atoms with Gasteiger partial charge in [-0.2, -0.15) is 0 Å². The van der Waals surface area contributed by atoms with Crippen LogP contribution in [0.3, 0.4) is 0 Å². The Balaban J connectivity index is 2.36. The van der Waals surface area contributed by atoms with E-state index in [2.05, 4.69) is 15.9 Å². The van der Waals surface area contributed by atoms with Gasteiger partial charge < -0.3 is 4.90 Å². The summed E-state index contributed by atoms with van der Waals surface area (Å²) in [5.41, 5.74) is -0.0749. The fourth-order valence-corrected chi connectivity index (χ4v) is 4.20. The lowest BCUT2D eigenvalue weighted by molar-refractivity contribution is -0.384. The van der Waals surface area contributed by atoms with Gasteiger partial charge >= 0.3 is 0 Å². The van der Waals surface area contributed by atoms with Gasteiger partial charge in [-0.1, -0.05) is 6.07 Å². The first-order valence-electron chi connectivity index (χ1n) is 5.84. The number of carbonyl (C=O) groups is 1.